The van der Waals surface area contributed by atoms with Gasteiger partial charge in [-0.05, 0) is 24.8 Å². The van der Waals surface area contributed by atoms with E-state index in [1.807, 2.05) is 0 Å². The number of hydrogen-bond donors (Lipinski definition) is 1. The Morgan fingerprint density at radius 2 is 1.82 bits per heavy atom. The Bertz CT molecular complexity index is 101. The molecule has 0 spiro atoms. The van der Waals surface area contributed by atoms with Gasteiger partial charge in [0.25, 0.3) is 0 Å². The van der Waals surface area contributed by atoms with E-state index in [1.165, 1.54) is 25.8 Å². The lowest BCUT2D eigenvalue weighted by Crippen LogP contribution is -2.43. The third-order valence-corrected chi connectivity index (χ3v) is 2.36. The molecule has 68 valence electrons. The molecule has 11 heavy (non-hydrogen) atoms. The molecule has 0 aliphatic carbocycles. The average Bonchev–Trinajstić information content (AvgIpc) is 1.88. The van der Waals surface area contributed by atoms with Gasteiger partial charge in [0.05, 0.1) is 0 Å². The summed E-state index contributed by atoms with van der Waals surface area (Å²) in [5.74, 6) is 0. The van der Waals surface area contributed by atoms with Crippen molar-refractivity contribution in [3.05, 3.63) is 0 Å². The molecule has 0 saturated carbocycles. The maximum Gasteiger partial charge on any atom is 0.0116 e. The molecule has 1 saturated heterocycles. The quantitative estimate of drug-likeness (QED) is 0.600. The summed E-state index contributed by atoms with van der Waals surface area (Å²) in [6.07, 6.45) is 4.14. The SMILES string of the molecule is CC(C)(C)C1CCCCN1.Cl. The van der Waals surface area contributed by atoms with Gasteiger partial charge in [-0.2, -0.15) is 0 Å². The third-order valence-electron chi connectivity index (χ3n) is 2.36. The Kier molecular flexibility index (Phi) is 4.42. The van der Waals surface area contributed by atoms with Crippen molar-refractivity contribution < 1.29 is 0 Å². The first-order chi connectivity index (χ1) is 4.61. The van der Waals surface area contributed by atoms with Crippen LogP contribution in [0.3, 0.4) is 0 Å². The van der Waals surface area contributed by atoms with E-state index >= 15 is 0 Å². The number of halogens is 1. The molecular formula is C9H20ClN. The van der Waals surface area contributed by atoms with Gasteiger partial charge in [-0.15, -0.1) is 12.4 Å². The molecule has 2 heteroatoms. The number of piperidine rings is 1. The summed E-state index contributed by atoms with van der Waals surface area (Å²) in [4.78, 5) is 0. The highest BCUT2D eigenvalue weighted by Gasteiger charge is 2.25. The lowest BCUT2D eigenvalue weighted by molar-refractivity contribution is 0.226. The van der Waals surface area contributed by atoms with Crippen molar-refractivity contribution in [2.75, 3.05) is 6.54 Å². The molecule has 0 amide bonds. The summed E-state index contributed by atoms with van der Waals surface area (Å²) in [5, 5.41) is 3.56. The van der Waals surface area contributed by atoms with Gasteiger partial charge in [-0.3, -0.25) is 0 Å². The minimum Gasteiger partial charge on any atom is -0.313 e. The fourth-order valence-corrected chi connectivity index (χ4v) is 1.59. The van der Waals surface area contributed by atoms with Gasteiger partial charge < -0.3 is 5.32 Å². The first-order valence-electron chi connectivity index (χ1n) is 4.34. The van der Waals surface area contributed by atoms with Crippen LogP contribution in [0.4, 0.5) is 0 Å². The summed E-state index contributed by atoms with van der Waals surface area (Å²) < 4.78 is 0. The highest BCUT2D eigenvalue weighted by Crippen LogP contribution is 2.25. The van der Waals surface area contributed by atoms with Crippen LogP contribution < -0.4 is 5.32 Å². The van der Waals surface area contributed by atoms with Crippen LogP contribution in [0.1, 0.15) is 40.0 Å². The summed E-state index contributed by atoms with van der Waals surface area (Å²) >= 11 is 0. The van der Waals surface area contributed by atoms with Crippen LogP contribution in [0.15, 0.2) is 0 Å². The van der Waals surface area contributed by atoms with Crippen LogP contribution in [0.5, 0.6) is 0 Å². The van der Waals surface area contributed by atoms with Crippen LogP contribution >= 0.6 is 12.4 Å². The van der Waals surface area contributed by atoms with E-state index in [9.17, 15) is 0 Å². The minimum atomic E-state index is 0. The Hall–Kier alpha value is 0.250. The molecule has 0 radical (unpaired) electrons. The maximum absolute atomic E-state index is 3.56. The molecule has 0 aromatic rings. The molecular weight excluding hydrogens is 158 g/mol. The van der Waals surface area contributed by atoms with Crippen LogP contribution in [-0.4, -0.2) is 12.6 Å². The Balaban J connectivity index is 0.000001000. The topological polar surface area (TPSA) is 12.0 Å². The van der Waals surface area contributed by atoms with Gasteiger partial charge in [-0.1, -0.05) is 27.2 Å². The Morgan fingerprint density at radius 3 is 2.09 bits per heavy atom. The van der Waals surface area contributed by atoms with E-state index in [4.69, 9.17) is 0 Å². The van der Waals surface area contributed by atoms with E-state index in [-0.39, 0.29) is 12.4 Å². The van der Waals surface area contributed by atoms with E-state index < -0.39 is 0 Å². The zero-order chi connectivity index (χ0) is 7.61. The highest BCUT2D eigenvalue weighted by atomic mass is 35.5. The summed E-state index contributed by atoms with van der Waals surface area (Å²) in [6, 6.07) is 0.751. The normalized spacial score (nSPS) is 25.9. The third kappa shape index (κ3) is 3.44. The lowest BCUT2D eigenvalue weighted by Gasteiger charge is -2.34. The molecule has 1 aliphatic heterocycles. The van der Waals surface area contributed by atoms with Gasteiger partial charge in [0.1, 0.15) is 0 Å². The summed E-state index contributed by atoms with van der Waals surface area (Å²) in [6.45, 7) is 8.17. The largest absolute Gasteiger partial charge is 0.313 e. The van der Waals surface area contributed by atoms with Gasteiger partial charge in [0.2, 0.25) is 0 Å². The molecule has 1 nitrogen and oxygen atoms in total. The monoisotopic (exact) mass is 177 g/mol. The molecule has 1 N–H and O–H groups in total. The number of hydrogen-bond acceptors (Lipinski definition) is 1. The summed E-state index contributed by atoms with van der Waals surface area (Å²) in [7, 11) is 0. The fourth-order valence-electron chi connectivity index (χ4n) is 1.59. The first kappa shape index (κ1) is 11.2. The van der Waals surface area contributed by atoms with E-state index in [0.717, 1.165) is 6.04 Å². The van der Waals surface area contributed by atoms with Gasteiger partial charge in [0.15, 0.2) is 0 Å². The Labute approximate surface area is 76.4 Å². The van der Waals surface area contributed by atoms with E-state index in [1.54, 1.807) is 0 Å². The second-order valence-electron chi connectivity index (χ2n) is 4.37. The van der Waals surface area contributed by atoms with Crippen LogP contribution in [0, 0.1) is 5.41 Å². The Morgan fingerprint density at radius 1 is 1.18 bits per heavy atom. The molecule has 0 bridgehead atoms. The zero-order valence-corrected chi connectivity index (χ0v) is 8.63. The predicted octanol–water partition coefficient (Wildman–Crippen LogP) is 2.60. The van der Waals surface area contributed by atoms with Crippen LogP contribution in [-0.2, 0) is 0 Å². The highest BCUT2D eigenvalue weighted by molar-refractivity contribution is 5.85. The molecule has 1 aliphatic rings. The fraction of sp³-hybridized carbons (Fsp3) is 1.00. The van der Waals surface area contributed by atoms with E-state index in [2.05, 4.69) is 26.1 Å². The summed E-state index contributed by atoms with van der Waals surface area (Å²) in [5.41, 5.74) is 0.459. The van der Waals surface area contributed by atoms with Gasteiger partial charge in [0, 0.05) is 6.04 Å². The molecule has 1 fully saturated rings. The van der Waals surface area contributed by atoms with Gasteiger partial charge >= 0.3 is 0 Å². The van der Waals surface area contributed by atoms with Crippen molar-refractivity contribution in [3.8, 4) is 0 Å². The molecule has 1 heterocycles. The second-order valence-corrected chi connectivity index (χ2v) is 4.37. The molecule has 1 unspecified atom stereocenters. The zero-order valence-electron chi connectivity index (χ0n) is 7.81. The van der Waals surface area contributed by atoms with Crippen LogP contribution in [0.2, 0.25) is 0 Å². The predicted molar refractivity (Wildman–Crippen MR) is 52.3 cm³/mol. The lowest BCUT2D eigenvalue weighted by atomic mass is 9.82. The molecule has 0 aromatic carbocycles. The van der Waals surface area contributed by atoms with Crippen LogP contribution in [0.25, 0.3) is 0 Å². The number of rotatable bonds is 0. The molecule has 1 rings (SSSR count). The van der Waals surface area contributed by atoms with Crippen molar-refractivity contribution in [2.24, 2.45) is 5.41 Å². The second kappa shape index (κ2) is 4.32. The smallest absolute Gasteiger partial charge is 0.0116 e. The maximum atomic E-state index is 3.56. The average molecular weight is 178 g/mol. The molecule has 0 aromatic heterocycles. The van der Waals surface area contributed by atoms with Crippen molar-refractivity contribution in [3.63, 3.8) is 0 Å². The first-order valence-corrected chi connectivity index (χ1v) is 4.34. The minimum absolute atomic E-state index is 0. The number of nitrogens with one attached hydrogen (secondary N) is 1. The van der Waals surface area contributed by atoms with Gasteiger partial charge in [-0.25, -0.2) is 0 Å². The van der Waals surface area contributed by atoms with Crippen molar-refractivity contribution in [1.29, 1.82) is 0 Å². The van der Waals surface area contributed by atoms with Crippen molar-refractivity contribution in [1.82, 2.24) is 5.32 Å². The van der Waals surface area contributed by atoms with E-state index in [0.29, 0.717) is 5.41 Å². The van der Waals surface area contributed by atoms with Crippen molar-refractivity contribution >= 4 is 12.4 Å². The van der Waals surface area contributed by atoms with Crippen molar-refractivity contribution in [2.45, 2.75) is 46.1 Å². The molecule has 1 atom stereocenters. The standard InChI is InChI=1S/C9H19N.ClH/c1-9(2,3)8-6-4-5-7-10-8;/h8,10H,4-7H2,1-3H3;1H.